The fourth-order valence-electron chi connectivity index (χ4n) is 3.74. The molecule has 1 aromatic heterocycles. The number of aryl methyl sites for hydroxylation is 2. The summed E-state index contributed by atoms with van der Waals surface area (Å²) in [4.78, 5) is 29.6. The number of nitrogens with zero attached hydrogens (tertiary/aromatic N) is 1. The molecule has 32 heavy (non-hydrogen) atoms. The number of nitrogens with two attached hydrogens (primary N) is 1. The van der Waals surface area contributed by atoms with Crippen LogP contribution in [0.1, 0.15) is 37.4 Å². The highest BCUT2D eigenvalue weighted by molar-refractivity contribution is 6.13. The maximum absolute atomic E-state index is 14.3. The molecule has 1 heterocycles. The van der Waals surface area contributed by atoms with Crippen molar-refractivity contribution in [3.05, 3.63) is 94.3 Å². The van der Waals surface area contributed by atoms with E-state index >= 15 is 0 Å². The SMILES string of the molecule is Cc1ccc(-c2cc(C(=O)Nc3cc(C(N)=O)cc(F)c3C)c3ccccc3n2)c(C)c1. The number of primary amides is 1. The number of hydrogen-bond acceptors (Lipinski definition) is 3. The molecule has 0 atom stereocenters. The Labute approximate surface area is 185 Å². The van der Waals surface area contributed by atoms with Crippen LogP contribution in [0.15, 0.2) is 60.7 Å². The Morgan fingerprint density at radius 2 is 1.72 bits per heavy atom. The molecule has 160 valence electrons. The first-order chi connectivity index (χ1) is 15.2. The zero-order valence-electron chi connectivity index (χ0n) is 18.0. The van der Waals surface area contributed by atoms with Gasteiger partial charge in [0.05, 0.1) is 16.8 Å². The zero-order chi connectivity index (χ0) is 23.0. The Balaban J connectivity index is 1.84. The predicted molar refractivity (Wildman–Crippen MR) is 124 cm³/mol. The standard InChI is InChI=1S/C26H22FN3O2/c1-14-8-9-18(15(2)10-14)24-13-20(19-6-4-5-7-22(19)29-24)26(32)30-23-12-17(25(28)31)11-21(27)16(23)3/h4-13H,1-3H3,(H2,28,31)(H,30,32). The average Bonchev–Trinajstić information content (AvgIpc) is 2.75. The quantitative estimate of drug-likeness (QED) is 0.462. The number of anilines is 1. The summed E-state index contributed by atoms with van der Waals surface area (Å²) in [7, 11) is 0. The Hall–Kier alpha value is -4.06. The lowest BCUT2D eigenvalue weighted by molar-refractivity contribution is 0.0996. The Morgan fingerprint density at radius 3 is 2.44 bits per heavy atom. The number of carbonyl (C=O) groups excluding carboxylic acids is 2. The highest BCUT2D eigenvalue weighted by Crippen LogP contribution is 2.29. The summed E-state index contributed by atoms with van der Waals surface area (Å²) in [6.45, 7) is 5.55. The van der Waals surface area contributed by atoms with Crippen molar-refractivity contribution in [3.8, 4) is 11.3 Å². The van der Waals surface area contributed by atoms with Gasteiger partial charge in [0.15, 0.2) is 0 Å². The molecule has 3 aromatic carbocycles. The second-order valence-electron chi connectivity index (χ2n) is 7.84. The number of benzene rings is 3. The highest BCUT2D eigenvalue weighted by Gasteiger charge is 2.18. The molecule has 0 aliphatic carbocycles. The number of carbonyl (C=O) groups is 2. The second kappa shape index (κ2) is 8.23. The first kappa shape index (κ1) is 21.2. The van der Waals surface area contributed by atoms with Crippen LogP contribution in [0.2, 0.25) is 0 Å². The normalized spacial score (nSPS) is 10.9. The number of rotatable bonds is 4. The molecule has 4 aromatic rings. The van der Waals surface area contributed by atoms with E-state index in [0.717, 1.165) is 22.8 Å². The van der Waals surface area contributed by atoms with E-state index < -0.39 is 17.6 Å². The molecule has 0 fully saturated rings. The molecule has 0 saturated heterocycles. The number of pyridine rings is 1. The number of hydrogen-bond donors (Lipinski definition) is 2. The third-order valence-corrected chi connectivity index (χ3v) is 5.50. The van der Waals surface area contributed by atoms with E-state index in [9.17, 15) is 14.0 Å². The van der Waals surface area contributed by atoms with Crippen LogP contribution in [0.25, 0.3) is 22.2 Å². The molecular weight excluding hydrogens is 405 g/mol. The van der Waals surface area contributed by atoms with E-state index in [1.807, 2.05) is 50.2 Å². The van der Waals surface area contributed by atoms with Gasteiger partial charge in [0, 0.05) is 27.8 Å². The number of fused-ring (bicyclic) bond motifs is 1. The molecule has 4 rings (SSSR count). The fourth-order valence-corrected chi connectivity index (χ4v) is 3.74. The van der Waals surface area contributed by atoms with Crippen molar-refractivity contribution in [2.45, 2.75) is 20.8 Å². The smallest absolute Gasteiger partial charge is 0.256 e. The van der Waals surface area contributed by atoms with Crippen LogP contribution in [0.3, 0.4) is 0 Å². The van der Waals surface area contributed by atoms with Gasteiger partial charge < -0.3 is 11.1 Å². The van der Waals surface area contributed by atoms with Gasteiger partial charge in [-0.25, -0.2) is 9.37 Å². The zero-order valence-corrected chi connectivity index (χ0v) is 18.0. The van der Waals surface area contributed by atoms with Gasteiger partial charge in [0.25, 0.3) is 5.91 Å². The minimum atomic E-state index is -0.772. The molecule has 0 aliphatic heterocycles. The van der Waals surface area contributed by atoms with Gasteiger partial charge in [-0.15, -0.1) is 0 Å². The second-order valence-corrected chi connectivity index (χ2v) is 7.84. The van der Waals surface area contributed by atoms with Crippen molar-refractivity contribution >= 4 is 28.4 Å². The molecule has 5 nitrogen and oxygen atoms in total. The molecule has 0 unspecified atom stereocenters. The van der Waals surface area contributed by atoms with Crippen LogP contribution in [0, 0.1) is 26.6 Å². The molecule has 0 spiro atoms. The molecular formula is C26H22FN3O2. The summed E-state index contributed by atoms with van der Waals surface area (Å²) < 4.78 is 14.3. The lowest BCUT2D eigenvalue weighted by Crippen LogP contribution is -2.17. The van der Waals surface area contributed by atoms with E-state index in [0.29, 0.717) is 22.2 Å². The van der Waals surface area contributed by atoms with Gasteiger partial charge >= 0.3 is 0 Å². The summed E-state index contributed by atoms with van der Waals surface area (Å²) in [5, 5.41) is 3.41. The van der Waals surface area contributed by atoms with Gasteiger partial charge in [-0.1, -0.05) is 42.0 Å². The van der Waals surface area contributed by atoms with Crippen LogP contribution in [0.5, 0.6) is 0 Å². The summed E-state index contributed by atoms with van der Waals surface area (Å²) in [5.41, 5.74) is 10.5. The third kappa shape index (κ3) is 3.95. The summed E-state index contributed by atoms with van der Waals surface area (Å²) in [5.74, 6) is -1.82. The van der Waals surface area contributed by atoms with Gasteiger partial charge in [-0.05, 0) is 50.6 Å². The summed E-state index contributed by atoms with van der Waals surface area (Å²) >= 11 is 0. The summed E-state index contributed by atoms with van der Waals surface area (Å²) in [6, 6.07) is 17.6. The van der Waals surface area contributed by atoms with E-state index in [4.69, 9.17) is 10.7 Å². The Bertz CT molecular complexity index is 1400. The van der Waals surface area contributed by atoms with Gasteiger partial charge in [0.2, 0.25) is 5.91 Å². The minimum Gasteiger partial charge on any atom is -0.366 e. The Kier molecular flexibility index (Phi) is 5.45. The maximum atomic E-state index is 14.3. The van der Waals surface area contributed by atoms with Crippen molar-refractivity contribution in [2.75, 3.05) is 5.32 Å². The molecule has 0 bridgehead atoms. The predicted octanol–water partition coefficient (Wildman–Crippen LogP) is 5.32. The lowest BCUT2D eigenvalue weighted by Gasteiger charge is -2.14. The van der Waals surface area contributed by atoms with Crippen LogP contribution >= 0.6 is 0 Å². The van der Waals surface area contributed by atoms with Gasteiger partial charge in [-0.2, -0.15) is 0 Å². The highest BCUT2D eigenvalue weighted by atomic mass is 19.1. The van der Waals surface area contributed by atoms with E-state index in [2.05, 4.69) is 11.4 Å². The number of amides is 2. The number of nitrogens with one attached hydrogen (secondary N) is 1. The lowest BCUT2D eigenvalue weighted by atomic mass is 9.99. The number of halogens is 1. The molecule has 0 aliphatic rings. The number of aromatic nitrogens is 1. The van der Waals surface area contributed by atoms with Crippen LogP contribution in [-0.4, -0.2) is 16.8 Å². The minimum absolute atomic E-state index is 0.0149. The van der Waals surface area contributed by atoms with Gasteiger partial charge in [0.1, 0.15) is 5.82 Å². The molecule has 2 amide bonds. The van der Waals surface area contributed by atoms with Crippen molar-refractivity contribution in [1.82, 2.24) is 4.98 Å². The maximum Gasteiger partial charge on any atom is 0.256 e. The first-order valence-corrected chi connectivity index (χ1v) is 10.1. The third-order valence-electron chi connectivity index (χ3n) is 5.50. The van der Waals surface area contributed by atoms with Crippen molar-refractivity contribution in [2.24, 2.45) is 5.73 Å². The van der Waals surface area contributed by atoms with Crippen molar-refractivity contribution in [1.29, 1.82) is 0 Å². The summed E-state index contributed by atoms with van der Waals surface area (Å²) in [6.07, 6.45) is 0. The number of para-hydroxylation sites is 1. The van der Waals surface area contributed by atoms with E-state index in [-0.39, 0.29) is 16.8 Å². The van der Waals surface area contributed by atoms with Crippen LogP contribution in [-0.2, 0) is 0 Å². The molecule has 0 radical (unpaired) electrons. The van der Waals surface area contributed by atoms with E-state index in [1.54, 1.807) is 6.07 Å². The van der Waals surface area contributed by atoms with Crippen molar-refractivity contribution in [3.63, 3.8) is 0 Å². The molecule has 6 heteroatoms. The Morgan fingerprint density at radius 1 is 0.969 bits per heavy atom. The topological polar surface area (TPSA) is 85.1 Å². The largest absolute Gasteiger partial charge is 0.366 e. The fraction of sp³-hybridized carbons (Fsp3) is 0.115. The van der Waals surface area contributed by atoms with Crippen LogP contribution in [0.4, 0.5) is 10.1 Å². The van der Waals surface area contributed by atoms with E-state index in [1.165, 1.54) is 13.0 Å². The first-order valence-electron chi connectivity index (χ1n) is 10.1. The molecule has 3 N–H and O–H groups in total. The van der Waals surface area contributed by atoms with Gasteiger partial charge in [-0.3, -0.25) is 9.59 Å². The monoisotopic (exact) mass is 427 g/mol. The van der Waals surface area contributed by atoms with Crippen molar-refractivity contribution < 1.29 is 14.0 Å². The molecule has 0 saturated carbocycles. The average molecular weight is 427 g/mol. The van der Waals surface area contributed by atoms with Crippen LogP contribution < -0.4 is 11.1 Å².